The largest absolute Gasteiger partial charge is 0.497 e. The van der Waals surface area contributed by atoms with Crippen LogP contribution in [0.4, 0.5) is 0 Å². The third-order valence-corrected chi connectivity index (χ3v) is 3.43. The molecule has 0 amide bonds. The quantitative estimate of drug-likeness (QED) is 0.881. The molecule has 1 aromatic heterocycles. The number of aliphatic hydroxyl groups is 1. The summed E-state index contributed by atoms with van der Waals surface area (Å²) >= 11 is 0. The van der Waals surface area contributed by atoms with Crippen molar-refractivity contribution in [3.05, 3.63) is 47.3 Å². The van der Waals surface area contributed by atoms with Crippen LogP contribution in [0.2, 0.25) is 0 Å². The van der Waals surface area contributed by atoms with Gasteiger partial charge in [-0.3, -0.25) is 4.68 Å². The molecule has 0 aliphatic heterocycles. The number of nitrogens with zero attached hydrogens (tertiary/aromatic N) is 2. The number of benzene rings is 1. The van der Waals surface area contributed by atoms with Crippen LogP contribution in [0.5, 0.6) is 5.75 Å². The third-order valence-electron chi connectivity index (χ3n) is 3.43. The van der Waals surface area contributed by atoms with E-state index in [4.69, 9.17) is 4.74 Å². The Morgan fingerprint density at radius 3 is 2.75 bits per heavy atom. The van der Waals surface area contributed by atoms with Crippen molar-refractivity contribution in [1.82, 2.24) is 9.78 Å². The summed E-state index contributed by atoms with van der Waals surface area (Å²) in [6.07, 6.45) is 0.896. The first-order chi connectivity index (χ1) is 9.67. The van der Waals surface area contributed by atoms with Gasteiger partial charge >= 0.3 is 0 Å². The van der Waals surface area contributed by atoms with Crippen molar-refractivity contribution in [2.75, 3.05) is 7.11 Å². The zero-order chi connectivity index (χ0) is 14.5. The van der Waals surface area contributed by atoms with Crippen LogP contribution in [0.25, 0.3) is 0 Å². The zero-order valence-corrected chi connectivity index (χ0v) is 12.3. The molecule has 4 nitrogen and oxygen atoms in total. The molecule has 108 valence electrons. The van der Waals surface area contributed by atoms with E-state index in [0.29, 0.717) is 6.42 Å². The lowest BCUT2D eigenvalue weighted by Gasteiger charge is -2.13. The highest BCUT2D eigenvalue weighted by Crippen LogP contribution is 2.22. The molecule has 2 rings (SSSR count). The first kappa shape index (κ1) is 14.6. The number of methoxy groups -OCH3 is 1. The standard InChI is InChI=1S/C16H22N2O2/c1-4-13-11-15(18(5-2)17-13)16(19)10-12-7-6-8-14(9-12)20-3/h6-9,11,16,19H,4-5,10H2,1-3H3. The molecule has 2 aromatic rings. The van der Waals surface area contributed by atoms with E-state index in [1.807, 2.05) is 41.9 Å². The van der Waals surface area contributed by atoms with E-state index in [9.17, 15) is 5.11 Å². The van der Waals surface area contributed by atoms with Gasteiger partial charge in [-0.05, 0) is 37.1 Å². The summed E-state index contributed by atoms with van der Waals surface area (Å²) in [5.74, 6) is 0.813. The van der Waals surface area contributed by atoms with Crippen LogP contribution in [-0.2, 0) is 19.4 Å². The molecule has 4 heteroatoms. The maximum absolute atomic E-state index is 10.5. The fourth-order valence-corrected chi connectivity index (χ4v) is 2.31. The molecule has 20 heavy (non-hydrogen) atoms. The van der Waals surface area contributed by atoms with E-state index in [1.165, 1.54) is 0 Å². The van der Waals surface area contributed by atoms with E-state index in [2.05, 4.69) is 12.0 Å². The van der Waals surface area contributed by atoms with Crippen LogP contribution in [0.3, 0.4) is 0 Å². The summed E-state index contributed by atoms with van der Waals surface area (Å²) < 4.78 is 7.09. The number of aromatic nitrogens is 2. The second-order valence-corrected chi connectivity index (χ2v) is 4.80. The summed E-state index contributed by atoms with van der Waals surface area (Å²) in [6.45, 7) is 4.87. The van der Waals surface area contributed by atoms with Crippen LogP contribution in [0.15, 0.2) is 30.3 Å². The highest BCUT2D eigenvalue weighted by molar-refractivity contribution is 5.29. The van der Waals surface area contributed by atoms with Crippen LogP contribution >= 0.6 is 0 Å². The number of aryl methyl sites for hydroxylation is 2. The van der Waals surface area contributed by atoms with E-state index in [1.54, 1.807) is 7.11 Å². The lowest BCUT2D eigenvalue weighted by molar-refractivity contribution is 0.167. The van der Waals surface area contributed by atoms with Crippen molar-refractivity contribution in [3.8, 4) is 5.75 Å². The molecule has 0 aliphatic carbocycles. The van der Waals surface area contributed by atoms with Gasteiger partial charge < -0.3 is 9.84 Å². The van der Waals surface area contributed by atoms with Gasteiger partial charge in [-0.15, -0.1) is 0 Å². The van der Waals surface area contributed by atoms with Crippen molar-refractivity contribution in [3.63, 3.8) is 0 Å². The topological polar surface area (TPSA) is 47.3 Å². The lowest BCUT2D eigenvalue weighted by atomic mass is 10.0. The highest BCUT2D eigenvalue weighted by Gasteiger charge is 2.15. The maximum atomic E-state index is 10.5. The van der Waals surface area contributed by atoms with E-state index in [-0.39, 0.29) is 0 Å². The van der Waals surface area contributed by atoms with Crippen molar-refractivity contribution in [2.45, 2.75) is 39.3 Å². The average Bonchev–Trinajstić information content (AvgIpc) is 2.91. The van der Waals surface area contributed by atoms with Gasteiger partial charge in [0.15, 0.2) is 0 Å². The van der Waals surface area contributed by atoms with E-state index in [0.717, 1.165) is 35.7 Å². The monoisotopic (exact) mass is 274 g/mol. The van der Waals surface area contributed by atoms with Crippen LogP contribution in [0, 0.1) is 0 Å². The predicted molar refractivity (Wildman–Crippen MR) is 78.9 cm³/mol. The fourth-order valence-electron chi connectivity index (χ4n) is 2.31. The Morgan fingerprint density at radius 1 is 1.30 bits per heavy atom. The Kier molecular flexibility index (Phi) is 4.79. The number of rotatable bonds is 6. The van der Waals surface area contributed by atoms with Crippen molar-refractivity contribution in [2.24, 2.45) is 0 Å². The summed E-state index contributed by atoms with van der Waals surface area (Å²) in [5.41, 5.74) is 2.96. The minimum Gasteiger partial charge on any atom is -0.497 e. The van der Waals surface area contributed by atoms with Crippen molar-refractivity contribution >= 4 is 0 Å². The zero-order valence-electron chi connectivity index (χ0n) is 12.3. The molecule has 0 spiro atoms. The summed E-state index contributed by atoms with van der Waals surface area (Å²) in [4.78, 5) is 0. The van der Waals surface area contributed by atoms with Crippen molar-refractivity contribution in [1.29, 1.82) is 0 Å². The number of aliphatic hydroxyl groups excluding tert-OH is 1. The fraction of sp³-hybridized carbons (Fsp3) is 0.438. The first-order valence-corrected chi connectivity index (χ1v) is 7.05. The number of hydrogen-bond donors (Lipinski definition) is 1. The van der Waals surface area contributed by atoms with Gasteiger partial charge in [0.2, 0.25) is 0 Å². The van der Waals surface area contributed by atoms with Gasteiger partial charge in [0, 0.05) is 13.0 Å². The second kappa shape index (κ2) is 6.57. The van der Waals surface area contributed by atoms with Crippen LogP contribution < -0.4 is 4.74 Å². The Bertz CT molecular complexity index is 563. The molecule has 1 N–H and O–H groups in total. The van der Waals surface area contributed by atoms with Gasteiger partial charge in [-0.1, -0.05) is 19.1 Å². The summed E-state index contributed by atoms with van der Waals surface area (Å²) in [6, 6.07) is 9.79. The molecule has 0 bridgehead atoms. The SMILES string of the molecule is CCc1cc(C(O)Cc2cccc(OC)c2)n(CC)n1. The lowest BCUT2D eigenvalue weighted by Crippen LogP contribution is -2.10. The van der Waals surface area contributed by atoms with E-state index < -0.39 is 6.10 Å². The molecular weight excluding hydrogens is 252 g/mol. The smallest absolute Gasteiger partial charge is 0.119 e. The normalized spacial score (nSPS) is 12.4. The maximum Gasteiger partial charge on any atom is 0.119 e. The van der Waals surface area contributed by atoms with Crippen molar-refractivity contribution < 1.29 is 9.84 Å². The van der Waals surface area contributed by atoms with Gasteiger partial charge in [0.1, 0.15) is 5.75 Å². The van der Waals surface area contributed by atoms with Crippen LogP contribution in [-0.4, -0.2) is 22.0 Å². The molecule has 0 radical (unpaired) electrons. The van der Waals surface area contributed by atoms with Gasteiger partial charge in [-0.2, -0.15) is 5.10 Å². The molecule has 1 aromatic carbocycles. The second-order valence-electron chi connectivity index (χ2n) is 4.80. The van der Waals surface area contributed by atoms with Gasteiger partial charge in [-0.25, -0.2) is 0 Å². The summed E-state index contributed by atoms with van der Waals surface area (Å²) in [7, 11) is 1.65. The highest BCUT2D eigenvalue weighted by atomic mass is 16.5. The Balaban J connectivity index is 2.18. The molecule has 1 heterocycles. The van der Waals surface area contributed by atoms with Gasteiger partial charge in [0.05, 0.1) is 24.6 Å². The molecular formula is C16H22N2O2. The average molecular weight is 274 g/mol. The Hall–Kier alpha value is -1.81. The molecule has 0 saturated carbocycles. The minimum absolute atomic E-state index is 0.546. The molecule has 0 fully saturated rings. The number of ether oxygens (including phenoxy) is 1. The molecule has 0 saturated heterocycles. The Morgan fingerprint density at radius 2 is 2.10 bits per heavy atom. The first-order valence-electron chi connectivity index (χ1n) is 7.05. The summed E-state index contributed by atoms with van der Waals surface area (Å²) in [5, 5.41) is 14.9. The molecule has 0 aliphatic rings. The predicted octanol–water partition coefficient (Wildman–Crippen LogP) is 2.75. The Labute approximate surface area is 120 Å². The molecule has 1 unspecified atom stereocenters. The molecule has 1 atom stereocenters. The number of hydrogen-bond acceptors (Lipinski definition) is 3. The van der Waals surface area contributed by atoms with E-state index >= 15 is 0 Å². The third kappa shape index (κ3) is 3.20. The van der Waals surface area contributed by atoms with Gasteiger partial charge in [0.25, 0.3) is 0 Å². The van der Waals surface area contributed by atoms with Crippen LogP contribution in [0.1, 0.15) is 36.9 Å². The minimum atomic E-state index is -0.546.